The van der Waals surface area contributed by atoms with Crippen molar-refractivity contribution in [2.75, 3.05) is 6.61 Å². The van der Waals surface area contributed by atoms with Gasteiger partial charge in [0.15, 0.2) is 0 Å². The summed E-state index contributed by atoms with van der Waals surface area (Å²) >= 11 is 1.47. The van der Waals surface area contributed by atoms with E-state index in [-0.39, 0.29) is 17.9 Å². The number of Topliss-reactive ketones (excluding diaryl/α,β-unsaturated/α-hetero) is 1. The van der Waals surface area contributed by atoms with Crippen LogP contribution in [0.15, 0.2) is 59.7 Å². The molecule has 3 aromatic rings. The summed E-state index contributed by atoms with van der Waals surface area (Å²) in [5, 5.41) is 13.2. The van der Waals surface area contributed by atoms with E-state index >= 15 is 0 Å². The number of nitrogens with zero attached hydrogens (tertiary/aromatic N) is 2. The summed E-state index contributed by atoms with van der Waals surface area (Å²) in [5.41, 5.74) is 3.25. The Balaban J connectivity index is 1.84. The van der Waals surface area contributed by atoms with E-state index in [4.69, 9.17) is 4.74 Å². The molecule has 1 aliphatic heterocycles. The van der Waals surface area contributed by atoms with E-state index in [0.29, 0.717) is 17.9 Å². The summed E-state index contributed by atoms with van der Waals surface area (Å²) in [6, 6.07) is 10.2. The molecule has 164 valence electrons. The van der Waals surface area contributed by atoms with Crippen LogP contribution in [0.2, 0.25) is 0 Å². The topological polar surface area (TPSA) is 79.7 Å². The quantitative estimate of drug-likeness (QED) is 0.333. The molecule has 0 bridgehead atoms. The number of carbonyl (C=O) groups excluding carboxylic acids is 2. The van der Waals surface area contributed by atoms with Gasteiger partial charge in [-0.05, 0) is 79.2 Å². The first-order valence-electron chi connectivity index (χ1n) is 10.4. The number of amides is 1. The molecule has 2 aromatic heterocycles. The SMILES string of the molecule is CCOc1ccc(/C(O)=C2/C(=O)C(=O)N(Cc3ccncc3)C2c2sccc2C)cc1C. The average molecular weight is 449 g/mol. The minimum Gasteiger partial charge on any atom is -0.507 e. The lowest BCUT2D eigenvalue weighted by Gasteiger charge is -2.25. The molecule has 1 aromatic carbocycles. The van der Waals surface area contributed by atoms with E-state index in [2.05, 4.69) is 4.98 Å². The number of aryl methyl sites for hydroxylation is 2. The van der Waals surface area contributed by atoms with Gasteiger partial charge in [-0.3, -0.25) is 14.6 Å². The van der Waals surface area contributed by atoms with Crippen LogP contribution < -0.4 is 4.74 Å². The number of likely N-dealkylation sites (tertiary alicyclic amines) is 1. The van der Waals surface area contributed by atoms with Gasteiger partial charge in [0.1, 0.15) is 17.6 Å². The largest absolute Gasteiger partial charge is 0.507 e. The molecule has 0 spiro atoms. The van der Waals surface area contributed by atoms with Gasteiger partial charge in [-0.25, -0.2) is 0 Å². The van der Waals surface area contributed by atoms with Gasteiger partial charge < -0.3 is 14.7 Å². The standard InChI is InChI=1S/C25H24N2O4S/c1-4-31-19-6-5-18(13-16(19)3)22(28)20-21(24-15(2)9-12-32-24)27(25(30)23(20)29)14-17-7-10-26-11-8-17/h5-13,21,28H,4,14H2,1-3H3/b22-20-. The Labute approximate surface area is 190 Å². The number of benzene rings is 1. The summed E-state index contributed by atoms with van der Waals surface area (Å²) in [7, 11) is 0. The normalized spacial score (nSPS) is 17.7. The molecule has 1 aliphatic rings. The van der Waals surface area contributed by atoms with Gasteiger partial charge in [0.05, 0.1) is 12.2 Å². The third-order valence-electron chi connectivity index (χ3n) is 5.54. The Morgan fingerprint density at radius 1 is 1.12 bits per heavy atom. The van der Waals surface area contributed by atoms with Gasteiger partial charge in [-0.15, -0.1) is 11.3 Å². The highest BCUT2D eigenvalue weighted by Crippen LogP contribution is 2.43. The molecule has 4 rings (SSSR count). The third-order valence-corrected chi connectivity index (χ3v) is 6.61. The first-order valence-corrected chi connectivity index (χ1v) is 11.3. The van der Waals surface area contributed by atoms with Crippen molar-refractivity contribution in [3.63, 3.8) is 0 Å². The Bertz CT molecular complexity index is 1200. The number of ketones is 1. The molecular weight excluding hydrogens is 424 g/mol. The van der Waals surface area contributed by atoms with Crippen LogP contribution >= 0.6 is 11.3 Å². The summed E-state index contributed by atoms with van der Waals surface area (Å²) in [4.78, 5) is 32.6. The lowest BCUT2D eigenvalue weighted by atomic mass is 9.97. The number of hydrogen-bond acceptors (Lipinski definition) is 6. The molecule has 1 saturated heterocycles. The number of aliphatic hydroxyl groups is 1. The molecule has 1 N–H and O–H groups in total. The highest BCUT2D eigenvalue weighted by molar-refractivity contribution is 7.10. The molecule has 3 heterocycles. The van der Waals surface area contributed by atoms with Gasteiger partial charge in [0.25, 0.3) is 11.7 Å². The highest BCUT2D eigenvalue weighted by Gasteiger charge is 2.47. The van der Waals surface area contributed by atoms with Crippen LogP contribution in [-0.4, -0.2) is 33.3 Å². The number of hydrogen-bond donors (Lipinski definition) is 1. The minimum absolute atomic E-state index is 0.109. The Kier molecular flexibility index (Phi) is 6.10. The maximum atomic E-state index is 13.2. The number of pyridine rings is 1. The van der Waals surface area contributed by atoms with Crippen LogP contribution in [0, 0.1) is 13.8 Å². The molecule has 7 heteroatoms. The van der Waals surface area contributed by atoms with Crippen LogP contribution in [0.4, 0.5) is 0 Å². The van der Waals surface area contributed by atoms with E-state index in [1.807, 2.05) is 44.4 Å². The average Bonchev–Trinajstić information content (AvgIpc) is 3.31. The number of aliphatic hydroxyl groups excluding tert-OH is 1. The number of carbonyl (C=O) groups is 2. The maximum Gasteiger partial charge on any atom is 0.295 e. The fraction of sp³-hybridized carbons (Fsp3) is 0.240. The van der Waals surface area contributed by atoms with Gasteiger partial charge >= 0.3 is 0 Å². The zero-order valence-corrected chi connectivity index (χ0v) is 19.0. The van der Waals surface area contributed by atoms with Crippen LogP contribution in [0.3, 0.4) is 0 Å². The molecule has 0 aliphatic carbocycles. The molecule has 1 amide bonds. The number of rotatable bonds is 6. The van der Waals surface area contributed by atoms with Crippen molar-refractivity contribution >= 4 is 28.8 Å². The van der Waals surface area contributed by atoms with E-state index in [1.165, 1.54) is 16.2 Å². The van der Waals surface area contributed by atoms with Crippen molar-refractivity contribution in [2.24, 2.45) is 0 Å². The molecule has 0 radical (unpaired) electrons. The van der Waals surface area contributed by atoms with Crippen LogP contribution in [0.5, 0.6) is 5.75 Å². The zero-order chi connectivity index (χ0) is 22.8. The smallest absolute Gasteiger partial charge is 0.295 e. The Hall–Kier alpha value is -3.45. The molecule has 32 heavy (non-hydrogen) atoms. The lowest BCUT2D eigenvalue weighted by molar-refractivity contribution is -0.140. The van der Waals surface area contributed by atoms with Crippen molar-refractivity contribution in [3.8, 4) is 5.75 Å². The highest BCUT2D eigenvalue weighted by atomic mass is 32.1. The van der Waals surface area contributed by atoms with Crippen LogP contribution in [0.1, 0.15) is 40.1 Å². The fourth-order valence-electron chi connectivity index (χ4n) is 3.93. The second kappa shape index (κ2) is 8.96. The van der Waals surface area contributed by atoms with Gasteiger partial charge in [0, 0.05) is 29.4 Å². The Morgan fingerprint density at radius 2 is 1.88 bits per heavy atom. The molecule has 6 nitrogen and oxygen atoms in total. The lowest BCUT2D eigenvalue weighted by Crippen LogP contribution is -2.29. The monoisotopic (exact) mass is 448 g/mol. The summed E-state index contributed by atoms with van der Waals surface area (Å²) < 4.78 is 5.58. The predicted octanol–water partition coefficient (Wildman–Crippen LogP) is 4.78. The zero-order valence-electron chi connectivity index (χ0n) is 18.2. The van der Waals surface area contributed by atoms with Crippen LogP contribution in [0.25, 0.3) is 5.76 Å². The van der Waals surface area contributed by atoms with E-state index in [0.717, 1.165) is 21.6 Å². The number of aromatic nitrogens is 1. The van der Waals surface area contributed by atoms with Crippen molar-refractivity contribution < 1.29 is 19.4 Å². The number of thiophene rings is 1. The second-order valence-corrected chi connectivity index (χ2v) is 8.61. The molecule has 1 atom stereocenters. The third kappa shape index (κ3) is 3.91. The maximum absolute atomic E-state index is 13.2. The summed E-state index contributed by atoms with van der Waals surface area (Å²) in [5.74, 6) is -0.762. The molecule has 0 saturated carbocycles. The van der Waals surface area contributed by atoms with Crippen molar-refractivity contribution in [1.82, 2.24) is 9.88 Å². The van der Waals surface area contributed by atoms with E-state index in [9.17, 15) is 14.7 Å². The van der Waals surface area contributed by atoms with Crippen molar-refractivity contribution in [1.29, 1.82) is 0 Å². The van der Waals surface area contributed by atoms with Crippen molar-refractivity contribution in [2.45, 2.75) is 33.4 Å². The number of ether oxygens (including phenoxy) is 1. The predicted molar refractivity (Wildman–Crippen MR) is 123 cm³/mol. The molecular formula is C25H24N2O4S. The molecule has 1 fully saturated rings. The minimum atomic E-state index is -0.680. The molecule has 1 unspecified atom stereocenters. The van der Waals surface area contributed by atoms with Gasteiger partial charge in [-0.2, -0.15) is 0 Å². The van der Waals surface area contributed by atoms with Crippen molar-refractivity contribution in [3.05, 3.63) is 86.9 Å². The first kappa shape index (κ1) is 21.8. The fourth-order valence-corrected chi connectivity index (χ4v) is 4.98. The van der Waals surface area contributed by atoms with Gasteiger partial charge in [-0.1, -0.05) is 0 Å². The Morgan fingerprint density at radius 3 is 2.50 bits per heavy atom. The first-order chi connectivity index (χ1) is 15.4. The summed E-state index contributed by atoms with van der Waals surface area (Å²) in [6.07, 6.45) is 3.31. The summed E-state index contributed by atoms with van der Waals surface area (Å²) in [6.45, 7) is 6.50. The van der Waals surface area contributed by atoms with E-state index < -0.39 is 17.7 Å². The van der Waals surface area contributed by atoms with Crippen LogP contribution in [-0.2, 0) is 16.1 Å². The van der Waals surface area contributed by atoms with E-state index in [1.54, 1.807) is 30.6 Å². The van der Waals surface area contributed by atoms with Gasteiger partial charge in [0.2, 0.25) is 0 Å². The second-order valence-electron chi connectivity index (χ2n) is 7.66.